The van der Waals surface area contributed by atoms with Crippen LogP contribution in [-0.2, 0) is 23.7 Å². The Hall–Kier alpha value is -1.53. The van der Waals surface area contributed by atoms with Gasteiger partial charge in [0.25, 0.3) is 0 Å². The number of ether oxygens (including phenoxy) is 4. The fraction of sp³-hybridized carbons (Fsp3) is 0.706. The van der Waals surface area contributed by atoms with Gasteiger partial charge in [-0.15, -0.1) is 0 Å². The third-order valence-corrected chi connectivity index (χ3v) is 5.17. The molecule has 3 rings (SSSR count). The van der Waals surface area contributed by atoms with Crippen molar-refractivity contribution < 1.29 is 49.3 Å². The van der Waals surface area contributed by atoms with Crippen molar-refractivity contribution in [2.45, 2.75) is 55.9 Å². The van der Waals surface area contributed by atoms with Crippen LogP contribution < -0.4 is 0 Å². The molecule has 0 aromatic heterocycles. The molecular formula is C17H24O10. The number of methoxy groups -OCH3 is 1. The smallest absolute Gasteiger partial charge is 0.341 e. The van der Waals surface area contributed by atoms with Crippen LogP contribution in [0, 0.1) is 5.92 Å². The molecule has 0 saturated carbocycles. The van der Waals surface area contributed by atoms with Crippen molar-refractivity contribution in [2.75, 3.05) is 13.7 Å². The van der Waals surface area contributed by atoms with Crippen LogP contribution in [0.3, 0.4) is 0 Å². The predicted octanol–water partition coefficient (Wildman–Crippen LogP) is -2.09. The molecule has 10 heteroatoms. The predicted molar refractivity (Wildman–Crippen MR) is 86.6 cm³/mol. The first-order valence-electron chi connectivity index (χ1n) is 8.54. The van der Waals surface area contributed by atoms with E-state index in [1.807, 2.05) is 0 Å². The van der Waals surface area contributed by atoms with Crippen molar-refractivity contribution in [1.82, 2.24) is 0 Å². The zero-order chi connectivity index (χ0) is 19.9. The van der Waals surface area contributed by atoms with E-state index < -0.39 is 61.1 Å². The van der Waals surface area contributed by atoms with E-state index in [9.17, 15) is 30.3 Å². The largest absolute Gasteiger partial charge is 0.471 e. The maximum absolute atomic E-state index is 11.9. The van der Waals surface area contributed by atoms with Crippen LogP contribution in [0.15, 0.2) is 23.5 Å². The van der Waals surface area contributed by atoms with Crippen LogP contribution >= 0.6 is 0 Å². The lowest BCUT2D eigenvalue weighted by Crippen LogP contribution is -2.60. The van der Waals surface area contributed by atoms with E-state index in [0.29, 0.717) is 5.57 Å². The number of aliphatic hydroxyl groups is 5. The van der Waals surface area contributed by atoms with E-state index in [1.165, 1.54) is 7.11 Å². The van der Waals surface area contributed by atoms with E-state index >= 15 is 0 Å². The van der Waals surface area contributed by atoms with Crippen LogP contribution in [0.5, 0.6) is 0 Å². The number of carbonyl (C=O) groups is 1. The number of fused-ring (bicyclic) bond motifs is 1. The first kappa shape index (κ1) is 20.2. The Labute approximate surface area is 155 Å². The van der Waals surface area contributed by atoms with E-state index in [4.69, 9.17) is 18.9 Å². The van der Waals surface area contributed by atoms with Crippen LogP contribution in [0.1, 0.15) is 13.3 Å². The summed E-state index contributed by atoms with van der Waals surface area (Å²) in [5.41, 5.74) is -0.677. The fourth-order valence-electron chi connectivity index (χ4n) is 3.60. The molecule has 0 spiro atoms. The van der Waals surface area contributed by atoms with Gasteiger partial charge in [-0.3, -0.25) is 0 Å². The topological polar surface area (TPSA) is 155 Å². The molecule has 27 heavy (non-hydrogen) atoms. The van der Waals surface area contributed by atoms with Crippen LogP contribution in [0.4, 0.5) is 0 Å². The molecule has 0 amide bonds. The SMILES string of the molecule is COC(=O)C1=CO[C@@H](O[C@@H]2O[C@H](CO)[C@@H](O)[C@H](O)[C@H]2O)[C@H]2C1=CC[C@@]2(C)O. The standard InChI is InChI=1S/C17H24O10/c1-17(23)4-3-7-8(14(22)24-2)6-25-15(10(7)17)27-16-13(21)12(20)11(19)9(5-18)26-16/h3,6,9-13,15-16,18-21,23H,4-5H2,1-2H3/t9-,10-,11-,12+,13-,15+,16+,17-/m1/s1. The molecule has 0 unspecified atom stereocenters. The molecule has 152 valence electrons. The van der Waals surface area contributed by atoms with Gasteiger partial charge >= 0.3 is 5.97 Å². The van der Waals surface area contributed by atoms with E-state index in [-0.39, 0.29) is 12.0 Å². The van der Waals surface area contributed by atoms with Crippen molar-refractivity contribution in [3.05, 3.63) is 23.5 Å². The molecule has 0 aromatic rings. The summed E-state index contributed by atoms with van der Waals surface area (Å²) in [4.78, 5) is 11.9. The molecule has 0 bridgehead atoms. The first-order chi connectivity index (χ1) is 12.7. The minimum Gasteiger partial charge on any atom is -0.471 e. The summed E-state index contributed by atoms with van der Waals surface area (Å²) < 4.78 is 21.1. The molecule has 2 heterocycles. The number of hydrogen-bond donors (Lipinski definition) is 5. The minimum atomic E-state index is -1.61. The summed E-state index contributed by atoms with van der Waals surface area (Å²) in [5, 5.41) is 49.8. The molecule has 3 aliphatic rings. The van der Waals surface area contributed by atoms with Crippen molar-refractivity contribution in [3.8, 4) is 0 Å². The maximum atomic E-state index is 11.9. The molecule has 1 saturated heterocycles. The van der Waals surface area contributed by atoms with Crippen molar-refractivity contribution in [1.29, 1.82) is 0 Å². The fourth-order valence-corrected chi connectivity index (χ4v) is 3.60. The molecule has 1 fully saturated rings. The van der Waals surface area contributed by atoms with Gasteiger partial charge in [-0.25, -0.2) is 4.79 Å². The lowest BCUT2D eigenvalue weighted by Gasteiger charge is -2.43. The molecule has 2 aliphatic heterocycles. The van der Waals surface area contributed by atoms with Gasteiger partial charge in [0.2, 0.25) is 6.29 Å². The van der Waals surface area contributed by atoms with E-state index in [1.54, 1.807) is 13.0 Å². The average Bonchev–Trinajstić information content (AvgIpc) is 2.97. The van der Waals surface area contributed by atoms with Gasteiger partial charge in [0.15, 0.2) is 6.29 Å². The summed E-state index contributed by atoms with van der Waals surface area (Å²) in [6.07, 6.45) is -5.41. The van der Waals surface area contributed by atoms with Gasteiger partial charge in [0, 0.05) is 0 Å². The summed E-state index contributed by atoms with van der Waals surface area (Å²) in [6, 6.07) is 0. The molecular weight excluding hydrogens is 364 g/mol. The Morgan fingerprint density at radius 1 is 1.26 bits per heavy atom. The molecule has 0 aromatic carbocycles. The number of rotatable bonds is 4. The highest BCUT2D eigenvalue weighted by Crippen LogP contribution is 2.45. The molecule has 8 atom stereocenters. The summed E-state index contributed by atoms with van der Waals surface area (Å²) in [7, 11) is 1.22. The van der Waals surface area contributed by atoms with Gasteiger partial charge in [0.05, 0.1) is 30.8 Å². The lowest BCUT2D eigenvalue weighted by molar-refractivity contribution is -0.342. The average molecular weight is 388 g/mol. The normalized spacial score (nSPS) is 44.0. The molecule has 0 radical (unpaired) electrons. The second kappa shape index (κ2) is 7.47. The van der Waals surface area contributed by atoms with Gasteiger partial charge < -0.3 is 44.5 Å². The number of carbonyl (C=O) groups excluding carboxylic acids is 1. The zero-order valence-corrected chi connectivity index (χ0v) is 14.9. The van der Waals surface area contributed by atoms with E-state index in [0.717, 1.165) is 6.26 Å². The highest BCUT2D eigenvalue weighted by molar-refractivity contribution is 5.93. The van der Waals surface area contributed by atoms with Crippen molar-refractivity contribution in [2.24, 2.45) is 5.92 Å². The van der Waals surface area contributed by atoms with Gasteiger partial charge in [0.1, 0.15) is 30.7 Å². The number of esters is 1. The summed E-state index contributed by atoms with van der Waals surface area (Å²) in [5.74, 6) is -1.42. The summed E-state index contributed by atoms with van der Waals surface area (Å²) >= 11 is 0. The number of aliphatic hydroxyl groups excluding tert-OH is 4. The van der Waals surface area contributed by atoms with E-state index in [2.05, 4.69) is 0 Å². The Morgan fingerprint density at radius 3 is 2.59 bits per heavy atom. The lowest BCUT2D eigenvalue weighted by atomic mass is 9.83. The Kier molecular flexibility index (Phi) is 5.59. The Morgan fingerprint density at radius 2 is 1.96 bits per heavy atom. The van der Waals surface area contributed by atoms with Gasteiger partial charge in [-0.2, -0.15) is 0 Å². The summed E-state index contributed by atoms with van der Waals surface area (Å²) in [6.45, 7) is 0.948. The highest BCUT2D eigenvalue weighted by atomic mass is 16.8. The quantitative estimate of drug-likeness (QED) is 0.339. The highest BCUT2D eigenvalue weighted by Gasteiger charge is 2.52. The Balaban J connectivity index is 1.83. The van der Waals surface area contributed by atoms with Gasteiger partial charge in [-0.05, 0) is 18.9 Å². The molecule has 1 aliphatic carbocycles. The molecule has 5 N–H and O–H groups in total. The van der Waals surface area contributed by atoms with Gasteiger partial charge in [-0.1, -0.05) is 6.08 Å². The van der Waals surface area contributed by atoms with Crippen molar-refractivity contribution in [3.63, 3.8) is 0 Å². The minimum absolute atomic E-state index is 0.147. The Bertz CT molecular complexity index is 640. The second-order valence-electron chi connectivity index (χ2n) is 7.06. The van der Waals surface area contributed by atoms with Crippen LogP contribution in [0.2, 0.25) is 0 Å². The zero-order valence-electron chi connectivity index (χ0n) is 14.9. The maximum Gasteiger partial charge on any atom is 0.341 e. The van der Waals surface area contributed by atoms with Crippen LogP contribution in [-0.4, -0.2) is 87.8 Å². The first-order valence-corrected chi connectivity index (χ1v) is 8.54. The monoisotopic (exact) mass is 388 g/mol. The number of hydrogen-bond acceptors (Lipinski definition) is 10. The second-order valence-corrected chi connectivity index (χ2v) is 7.06. The van der Waals surface area contributed by atoms with Crippen LogP contribution in [0.25, 0.3) is 0 Å². The third kappa shape index (κ3) is 3.49. The molecule has 10 nitrogen and oxygen atoms in total. The third-order valence-electron chi connectivity index (χ3n) is 5.17. The van der Waals surface area contributed by atoms with Crippen molar-refractivity contribution >= 4 is 5.97 Å².